The smallest absolute Gasteiger partial charge is 0.306 e. The normalized spacial score (nSPS) is 14.9. The minimum absolute atomic E-state index is 0.0915. The number of carboxylic acid groups (broad SMARTS) is 1. The highest BCUT2D eigenvalue weighted by Gasteiger charge is 2.31. The average Bonchev–Trinajstić information content (AvgIpc) is 2.99. The van der Waals surface area contributed by atoms with Crippen LogP contribution in [0.2, 0.25) is 0 Å². The summed E-state index contributed by atoms with van der Waals surface area (Å²) < 4.78 is 34.7. The van der Waals surface area contributed by atoms with Crippen LogP contribution < -0.4 is 14.9 Å². The van der Waals surface area contributed by atoms with Gasteiger partial charge in [0.15, 0.2) is 0 Å². The number of carboxylic acids is 1. The van der Waals surface area contributed by atoms with E-state index in [4.69, 9.17) is 9.84 Å². The van der Waals surface area contributed by atoms with Gasteiger partial charge in [-0.2, -0.15) is 0 Å². The molecule has 1 unspecified atom stereocenters. The molecule has 11 nitrogen and oxygen atoms in total. The molecule has 4 rings (SSSR count). The summed E-state index contributed by atoms with van der Waals surface area (Å²) in [6.45, 7) is 0.417. The quantitative estimate of drug-likeness (QED) is 0.198. The van der Waals surface area contributed by atoms with E-state index in [1.165, 1.54) is 25.3 Å². The molecule has 4 N–H and O–H groups in total. The lowest BCUT2D eigenvalue weighted by Crippen LogP contribution is -2.41. The van der Waals surface area contributed by atoms with Crippen molar-refractivity contribution in [1.82, 2.24) is 15.1 Å². The molecule has 0 saturated carbocycles. The lowest BCUT2D eigenvalue weighted by molar-refractivity contribution is -0.145. The molecule has 0 aromatic heterocycles. The van der Waals surface area contributed by atoms with Crippen molar-refractivity contribution in [2.75, 3.05) is 26.7 Å². The predicted molar refractivity (Wildman–Crippen MR) is 150 cm³/mol. The zero-order valence-corrected chi connectivity index (χ0v) is 23.4. The summed E-state index contributed by atoms with van der Waals surface area (Å²) in [7, 11) is -2.78. The van der Waals surface area contributed by atoms with Crippen molar-refractivity contribution in [2.24, 2.45) is 5.92 Å². The molecule has 12 heteroatoms. The van der Waals surface area contributed by atoms with E-state index in [0.717, 1.165) is 16.3 Å². The van der Waals surface area contributed by atoms with E-state index in [1.54, 1.807) is 10.4 Å². The van der Waals surface area contributed by atoms with Crippen molar-refractivity contribution < 1.29 is 37.9 Å². The SMILES string of the molecule is COc1ccc(S(=O)(=O)NCCC(=O)N2CCC(C(=O)O)CC2)c(C(Cc2cccc3ccccc23)C(=O)NO)c1. The second-order valence-electron chi connectivity index (χ2n) is 9.92. The fraction of sp³-hybridized carbons (Fsp3) is 0.345. The Morgan fingerprint density at radius 1 is 1.05 bits per heavy atom. The molecular weight excluding hydrogens is 550 g/mol. The molecule has 2 amide bonds. The number of aliphatic carboxylic acids is 1. The van der Waals surface area contributed by atoms with Crippen LogP contribution in [0.5, 0.6) is 5.75 Å². The number of sulfonamides is 1. The number of carbonyl (C=O) groups excluding carboxylic acids is 2. The fourth-order valence-electron chi connectivity index (χ4n) is 5.19. The summed E-state index contributed by atoms with van der Waals surface area (Å²) in [5, 5.41) is 20.6. The van der Waals surface area contributed by atoms with Crippen molar-refractivity contribution in [3.63, 3.8) is 0 Å². The fourth-order valence-corrected chi connectivity index (χ4v) is 6.47. The highest BCUT2D eigenvalue weighted by Crippen LogP contribution is 2.33. The Morgan fingerprint density at radius 3 is 2.44 bits per heavy atom. The Morgan fingerprint density at radius 2 is 1.76 bits per heavy atom. The van der Waals surface area contributed by atoms with Crippen LogP contribution in [-0.2, 0) is 30.8 Å². The first-order valence-corrected chi connectivity index (χ1v) is 14.7. The van der Waals surface area contributed by atoms with Gasteiger partial charge in [-0.25, -0.2) is 18.6 Å². The number of nitrogens with one attached hydrogen (secondary N) is 2. The van der Waals surface area contributed by atoms with Crippen LogP contribution in [0.25, 0.3) is 10.8 Å². The van der Waals surface area contributed by atoms with Gasteiger partial charge in [0, 0.05) is 26.1 Å². The first-order chi connectivity index (χ1) is 19.6. The van der Waals surface area contributed by atoms with Crippen molar-refractivity contribution in [3.05, 3.63) is 71.8 Å². The molecule has 3 aromatic rings. The Kier molecular flexibility index (Phi) is 9.58. The molecule has 0 aliphatic carbocycles. The largest absolute Gasteiger partial charge is 0.497 e. The van der Waals surface area contributed by atoms with Crippen LogP contribution in [0, 0.1) is 5.92 Å². The number of methoxy groups -OCH3 is 1. The summed E-state index contributed by atoms with van der Waals surface area (Å²) in [5.41, 5.74) is 2.58. The van der Waals surface area contributed by atoms with Crippen molar-refractivity contribution in [1.29, 1.82) is 0 Å². The number of fused-ring (bicyclic) bond motifs is 1. The Bertz CT molecular complexity index is 1530. The lowest BCUT2D eigenvalue weighted by atomic mass is 9.89. The van der Waals surface area contributed by atoms with Gasteiger partial charge in [0.25, 0.3) is 5.91 Å². The van der Waals surface area contributed by atoms with Gasteiger partial charge >= 0.3 is 5.97 Å². The number of carbonyl (C=O) groups is 3. The number of hydrogen-bond acceptors (Lipinski definition) is 7. The third kappa shape index (κ3) is 7.02. The Labute approximate surface area is 238 Å². The molecule has 0 bridgehead atoms. The zero-order valence-electron chi connectivity index (χ0n) is 22.6. The number of likely N-dealkylation sites (tertiary alicyclic amines) is 1. The van der Waals surface area contributed by atoms with E-state index >= 15 is 0 Å². The van der Waals surface area contributed by atoms with Crippen LogP contribution in [0.15, 0.2) is 65.6 Å². The summed E-state index contributed by atoms with van der Waals surface area (Å²) in [5.74, 6) is -3.20. The van der Waals surface area contributed by atoms with Crippen LogP contribution in [-0.4, -0.2) is 68.2 Å². The number of piperidine rings is 1. The molecule has 0 radical (unpaired) electrons. The van der Waals surface area contributed by atoms with Gasteiger partial charge in [0.1, 0.15) is 5.75 Å². The minimum Gasteiger partial charge on any atom is -0.497 e. The van der Waals surface area contributed by atoms with Crippen molar-refractivity contribution >= 4 is 38.6 Å². The van der Waals surface area contributed by atoms with Gasteiger partial charge in [0.05, 0.1) is 23.8 Å². The van der Waals surface area contributed by atoms with Crippen LogP contribution in [0.1, 0.15) is 36.3 Å². The summed E-state index contributed by atoms with van der Waals surface area (Å²) >= 11 is 0. The third-order valence-corrected chi connectivity index (χ3v) is 8.98. The molecule has 218 valence electrons. The maximum Gasteiger partial charge on any atom is 0.306 e. The van der Waals surface area contributed by atoms with E-state index in [9.17, 15) is 28.0 Å². The number of benzene rings is 3. The van der Waals surface area contributed by atoms with Crippen molar-refractivity contribution in [3.8, 4) is 5.75 Å². The Hall–Kier alpha value is -4.00. The zero-order chi connectivity index (χ0) is 29.6. The molecule has 1 heterocycles. The maximum absolute atomic E-state index is 13.5. The van der Waals surface area contributed by atoms with Gasteiger partial charge in [-0.1, -0.05) is 42.5 Å². The highest BCUT2D eigenvalue weighted by atomic mass is 32.2. The van der Waals surface area contributed by atoms with Gasteiger partial charge in [-0.15, -0.1) is 0 Å². The standard InChI is InChI=1S/C29H33N3O8S/c1-40-22-9-10-26(41(38,39)30-14-11-27(33)32-15-12-20(13-16-32)29(35)36)24(18-22)25(28(34)31-37)17-21-7-4-6-19-5-2-3-8-23(19)21/h2-10,18,20,25,30,37H,11-17H2,1H3,(H,31,34)(H,35,36). The number of hydrogen-bond donors (Lipinski definition) is 4. The molecule has 3 aromatic carbocycles. The van der Waals surface area contributed by atoms with Crippen LogP contribution in [0.4, 0.5) is 0 Å². The van der Waals surface area contributed by atoms with Crippen LogP contribution >= 0.6 is 0 Å². The molecule has 1 fully saturated rings. The topological polar surface area (TPSA) is 162 Å². The molecular formula is C29H33N3O8S. The maximum atomic E-state index is 13.5. The monoisotopic (exact) mass is 583 g/mol. The first kappa shape index (κ1) is 30.0. The number of nitrogens with zero attached hydrogens (tertiary/aromatic N) is 1. The van der Waals surface area contributed by atoms with E-state index in [2.05, 4.69) is 4.72 Å². The van der Waals surface area contributed by atoms with Gasteiger partial charge in [-0.05, 0) is 59.4 Å². The van der Waals surface area contributed by atoms with Crippen molar-refractivity contribution in [2.45, 2.75) is 36.5 Å². The molecule has 1 saturated heterocycles. The molecule has 0 spiro atoms. The molecule has 1 atom stereocenters. The summed E-state index contributed by atoms with van der Waals surface area (Å²) in [6, 6.07) is 17.5. The van der Waals surface area contributed by atoms with E-state index in [0.29, 0.717) is 31.7 Å². The third-order valence-electron chi connectivity index (χ3n) is 7.44. The summed E-state index contributed by atoms with van der Waals surface area (Å²) in [6.07, 6.45) is 0.688. The number of rotatable bonds is 11. The Balaban J connectivity index is 1.56. The van der Waals surface area contributed by atoms with Crippen LogP contribution in [0.3, 0.4) is 0 Å². The van der Waals surface area contributed by atoms with Gasteiger partial charge < -0.3 is 14.7 Å². The lowest BCUT2D eigenvalue weighted by Gasteiger charge is -2.30. The highest BCUT2D eigenvalue weighted by molar-refractivity contribution is 7.89. The minimum atomic E-state index is -4.20. The molecule has 1 aliphatic rings. The predicted octanol–water partition coefficient (Wildman–Crippen LogP) is 2.67. The second kappa shape index (κ2) is 13.1. The van der Waals surface area contributed by atoms with Gasteiger partial charge in [-0.3, -0.25) is 19.6 Å². The van der Waals surface area contributed by atoms with E-state index in [-0.39, 0.29) is 35.8 Å². The van der Waals surface area contributed by atoms with E-state index in [1.807, 2.05) is 42.5 Å². The van der Waals surface area contributed by atoms with E-state index < -0.39 is 33.7 Å². The average molecular weight is 584 g/mol. The molecule has 41 heavy (non-hydrogen) atoms. The second-order valence-corrected chi connectivity index (χ2v) is 11.7. The number of ether oxygens (including phenoxy) is 1. The van der Waals surface area contributed by atoms with Gasteiger partial charge in [0.2, 0.25) is 15.9 Å². The summed E-state index contributed by atoms with van der Waals surface area (Å²) in [4.78, 5) is 38.1. The number of amides is 2. The first-order valence-electron chi connectivity index (χ1n) is 13.2. The number of hydroxylamine groups is 1. The molecule has 1 aliphatic heterocycles.